The van der Waals surface area contributed by atoms with E-state index in [4.69, 9.17) is 0 Å². The molecule has 2 aliphatic heterocycles. The van der Waals surface area contributed by atoms with Gasteiger partial charge in [-0.3, -0.25) is 9.59 Å². The summed E-state index contributed by atoms with van der Waals surface area (Å²) in [6.07, 6.45) is 1.10. The molecular weight excluding hydrogens is 378 g/mol. The summed E-state index contributed by atoms with van der Waals surface area (Å²) in [6, 6.07) is 15.4. The minimum absolute atomic E-state index is 0.00815. The number of likely N-dealkylation sites (tertiary alicyclic amines) is 2. The SMILES string of the molecule is CN(C)C1CCN(C(=O)c2ccccc2-c2ccccc2C(=O)N2CCC(O)C2)C1. The Morgan fingerprint density at radius 3 is 1.80 bits per heavy atom. The molecule has 2 saturated heterocycles. The number of carbonyl (C=O) groups is 2. The van der Waals surface area contributed by atoms with E-state index in [2.05, 4.69) is 4.90 Å². The number of hydrogen-bond acceptors (Lipinski definition) is 4. The number of amides is 2. The molecule has 2 amide bonds. The molecule has 0 aromatic heterocycles. The maximum Gasteiger partial charge on any atom is 0.254 e. The van der Waals surface area contributed by atoms with E-state index >= 15 is 0 Å². The van der Waals surface area contributed by atoms with E-state index in [1.807, 2.05) is 67.5 Å². The van der Waals surface area contributed by atoms with Crippen LogP contribution >= 0.6 is 0 Å². The molecule has 1 N–H and O–H groups in total. The highest BCUT2D eigenvalue weighted by Crippen LogP contribution is 2.30. The number of hydrogen-bond donors (Lipinski definition) is 1. The van der Waals surface area contributed by atoms with E-state index in [1.165, 1.54) is 0 Å². The number of aliphatic hydroxyl groups excluding tert-OH is 1. The molecule has 4 rings (SSSR count). The number of likely N-dealkylation sites (N-methyl/N-ethyl adjacent to an activating group) is 1. The van der Waals surface area contributed by atoms with Gasteiger partial charge in [0.15, 0.2) is 0 Å². The molecular formula is C24H29N3O3. The summed E-state index contributed by atoms with van der Waals surface area (Å²) in [5, 5.41) is 9.83. The number of nitrogens with zero attached hydrogens (tertiary/aromatic N) is 3. The molecule has 0 bridgehead atoms. The molecule has 2 unspecified atom stereocenters. The second kappa shape index (κ2) is 8.58. The highest BCUT2D eigenvalue weighted by molar-refractivity contribution is 6.06. The molecule has 158 valence electrons. The van der Waals surface area contributed by atoms with E-state index in [0.717, 1.165) is 24.1 Å². The summed E-state index contributed by atoms with van der Waals surface area (Å²) >= 11 is 0. The van der Waals surface area contributed by atoms with Crippen molar-refractivity contribution in [2.24, 2.45) is 0 Å². The van der Waals surface area contributed by atoms with Gasteiger partial charge in [0.1, 0.15) is 0 Å². The predicted molar refractivity (Wildman–Crippen MR) is 116 cm³/mol. The van der Waals surface area contributed by atoms with Crippen molar-refractivity contribution in [3.8, 4) is 11.1 Å². The fourth-order valence-corrected chi connectivity index (χ4v) is 4.42. The first kappa shape index (κ1) is 20.6. The zero-order valence-corrected chi connectivity index (χ0v) is 17.6. The van der Waals surface area contributed by atoms with Gasteiger partial charge in [-0.05, 0) is 50.2 Å². The Balaban J connectivity index is 1.66. The topological polar surface area (TPSA) is 64.1 Å². The van der Waals surface area contributed by atoms with Crippen LogP contribution in [-0.2, 0) is 0 Å². The van der Waals surface area contributed by atoms with Crippen LogP contribution in [-0.4, -0.2) is 84.0 Å². The molecule has 0 spiro atoms. The third-order valence-electron chi connectivity index (χ3n) is 6.24. The van der Waals surface area contributed by atoms with Crippen molar-refractivity contribution in [3.63, 3.8) is 0 Å². The summed E-state index contributed by atoms with van der Waals surface area (Å²) in [5.74, 6) is -0.0907. The second-order valence-electron chi connectivity index (χ2n) is 8.44. The van der Waals surface area contributed by atoms with Crippen LogP contribution in [0.15, 0.2) is 48.5 Å². The molecule has 0 radical (unpaired) electrons. The molecule has 2 heterocycles. The highest BCUT2D eigenvalue weighted by Gasteiger charge is 2.31. The Bertz CT molecular complexity index is 943. The first-order valence-electron chi connectivity index (χ1n) is 10.6. The number of rotatable bonds is 4. The molecule has 0 saturated carbocycles. The van der Waals surface area contributed by atoms with Crippen LogP contribution in [0.5, 0.6) is 0 Å². The third kappa shape index (κ3) is 3.98. The fraction of sp³-hybridized carbons (Fsp3) is 0.417. The molecule has 30 heavy (non-hydrogen) atoms. The minimum atomic E-state index is -0.463. The molecule has 6 nitrogen and oxygen atoms in total. The second-order valence-corrected chi connectivity index (χ2v) is 8.44. The van der Waals surface area contributed by atoms with Gasteiger partial charge < -0.3 is 19.8 Å². The lowest BCUT2D eigenvalue weighted by Crippen LogP contribution is -2.34. The Labute approximate surface area is 177 Å². The molecule has 0 aliphatic carbocycles. The summed E-state index contributed by atoms with van der Waals surface area (Å²) in [5.41, 5.74) is 2.73. The predicted octanol–water partition coefficient (Wildman–Crippen LogP) is 2.34. The van der Waals surface area contributed by atoms with Crippen LogP contribution in [0, 0.1) is 0 Å². The molecule has 2 aliphatic rings. The van der Waals surface area contributed by atoms with Crippen LogP contribution < -0.4 is 0 Å². The Morgan fingerprint density at radius 1 is 0.833 bits per heavy atom. The fourth-order valence-electron chi connectivity index (χ4n) is 4.42. The maximum absolute atomic E-state index is 13.4. The average molecular weight is 408 g/mol. The van der Waals surface area contributed by atoms with Gasteiger partial charge in [0.25, 0.3) is 11.8 Å². The number of β-amino-alcohol motifs (C(OH)–C–C–N with tert-alkyl or cyclic N) is 1. The average Bonchev–Trinajstić information content (AvgIpc) is 3.42. The smallest absolute Gasteiger partial charge is 0.254 e. The summed E-state index contributed by atoms with van der Waals surface area (Å²) in [6.45, 7) is 2.36. The molecule has 2 atom stereocenters. The minimum Gasteiger partial charge on any atom is -0.391 e. The lowest BCUT2D eigenvalue weighted by Gasteiger charge is -2.22. The van der Waals surface area contributed by atoms with Crippen LogP contribution in [0.4, 0.5) is 0 Å². The molecule has 6 heteroatoms. The van der Waals surface area contributed by atoms with E-state index in [1.54, 1.807) is 4.90 Å². The van der Waals surface area contributed by atoms with E-state index in [-0.39, 0.29) is 11.8 Å². The molecule has 2 aromatic carbocycles. The van der Waals surface area contributed by atoms with Crippen LogP contribution in [0.2, 0.25) is 0 Å². The Kier molecular flexibility index (Phi) is 5.88. The summed E-state index contributed by atoms with van der Waals surface area (Å²) < 4.78 is 0. The number of benzene rings is 2. The highest BCUT2D eigenvalue weighted by atomic mass is 16.3. The van der Waals surface area contributed by atoms with Crippen molar-refractivity contribution in [1.82, 2.24) is 14.7 Å². The van der Waals surface area contributed by atoms with Crippen molar-refractivity contribution in [2.75, 3.05) is 40.3 Å². The third-order valence-corrected chi connectivity index (χ3v) is 6.24. The van der Waals surface area contributed by atoms with Gasteiger partial charge in [0.2, 0.25) is 0 Å². The van der Waals surface area contributed by atoms with Crippen molar-refractivity contribution < 1.29 is 14.7 Å². The van der Waals surface area contributed by atoms with Crippen molar-refractivity contribution >= 4 is 11.8 Å². The Morgan fingerprint density at radius 2 is 1.33 bits per heavy atom. The summed E-state index contributed by atoms with van der Waals surface area (Å²) in [4.78, 5) is 32.3. The van der Waals surface area contributed by atoms with Gasteiger partial charge in [-0.15, -0.1) is 0 Å². The van der Waals surface area contributed by atoms with Gasteiger partial charge in [0.05, 0.1) is 6.10 Å². The first-order valence-corrected chi connectivity index (χ1v) is 10.6. The lowest BCUT2D eigenvalue weighted by atomic mass is 9.94. The lowest BCUT2D eigenvalue weighted by molar-refractivity contribution is 0.0762. The Hall–Kier alpha value is -2.70. The first-order chi connectivity index (χ1) is 14.5. The zero-order valence-electron chi connectivity index (χ0n) is 17.6. The van der Waals surface area contributed by atoms with Crippen LogP contribution in [0.25, 0.3) is 11.1 Å². The van der Waals surface area contributed by atoms with Crippen molar-refractivity contribution in [2.45, 2.75) is 25.0 Å². The van der Waals surface area contributed by atoms with Gasteiger partial charge in [-0.2, -0.15) is 0 Å². The van der Waals surface area contributed by atoms with Gasteiger partial charge in [-0.1, -0.05) is 36.4 Å². The van der Waals surface area contributed by atoms with E-state index < -0.39 is 6.10 Å². The van der Waals surface area contributed by atoms with Crippen molar-refractivity contribution in [1.29, 1.82) is 0 Å². The maximum atomic E-state index is 13.4. The van der Waals surface area contributed by atoms with Gasteiger partial charge in [-0.25, -0.2) is 0 Å². The zero-order chi connectivity index (χ0) is 21.3. The number of carbonyl (C=O) groups excluding carboxylic acids is 2. The van der Waals surface area contributed by atoms with Crippen LogP contribution in [0.3, 0.4) is 0 Å². The van der Waals surface area contributed by atoms with Gasteiger partial charge >= 0.3 is 0 Å². The summed E-state index contributed by atoms with van der Waals surface area (Å²) in [7, 11) is 4.09. The van der Waals surface area contributed by atoms with Crippen LogP contribution in [0.1, 0.15) is 33.6 Å². The molecule has 2 aromatic rings. The monoisotopic (exact) mass is 407 g/mol. The molecule has 2 fully saturated rings. The van der Waals surface area contributed by atoms with E-state index in [9.17, 15) is 14.7 Å². The quantitative estimate of drug-likeness (QED) is 0.845. The normalized spacial score (nSPS) is 21.5. The standard InChI is InChI=1S/C24H29N3O3/c1-25(2)17-11-13-26(15-17)23(29)21-9-5-3-7-19(21)20-8-4-6-10-22(20)24(30)27-14-12-18(28)16-27/h3-10,17-18,28H,11-16H2,1-2H3. The van der Waals surface area contributed by atoms with Crippen molar-refractivity contribution in [3.05, 3.63) is 59.7 Å². The number of aliphatic hydroxyl groups is 1. The largest absolute Gasteiger partial charge is 0.391 e. The van der Waals surface area contributed by atoms with E-state index in [0.29, 0.717) is 43.2 Å². The van der Waals surface area contributed by atoms with Gasteiger partial charge in [0, 0.05) is 43.3 Å².